The molecule has 1 fully saturated rings. The second-order valence-corrected chi connectivity index (χ2v) is 2.73. The van der Waals surface area contributed by atoms with Crippen LogP contribution in [0.2, 0.25) is 0 Å². The van der Waals surface area contributed by atoms with Crippen molar-refractivity contribution in [3.63, 3.8) is 0 Å². The van der Waals surface area contributed by atoms with Gasteiger partial charge in [0.2, 0.25) is 0 Å². The lowest BCUT2D eigenvalue weighted by Gasteiger charge is -2.08. The highest BCUT2D eigenvalue weighted by molar-refractivity contribution is 5.76. The quantitative estimate of drug-likeness (QED) is 0.598. The Labute approximate surface area is 71.5 Å². The van der Waals surface area contributed by atoms with Crippen molar-refractivity contribution in [1.29, 1.82) is 5.26 Å². The van der Waals surface area contributed by atoms with Gasteiger partial charge in [-0.05, 0) is 19.8 Å². The number of hydrogen-bond acceptors (Lipinski definition) is 4. The van der Waals surface area contributed by atoms with Crippen LogP contribution in [0.15, 0.2) is 0 Å². The summed E-state index contributed by atoms with van der Waals surface area (Å²) in [4.78, 5) is 11.1. The summed E-state index contributed by atoms with van der Waals surface area (Å²) >= 11 is 0. The molecule has 0 aromatic heterocycles. The third-order valence-corrected chi connectivity index (χ3v) is 1.87. The third-order valence-electron chi connectivity index (χ3n) is 1.87. The number of nitrogens with one attached hydrogen (secondary N) is 1. The summed E-state index contributed by atoms with van der Waals surface area (Å²) in [5.74, 6) is -0.241. The van der Waals surface area contributed by atoms with E-state index in [9.17, 15) is 4.79 Å². The predicted molar refractivity (Wildman–Crippen MR) is 42.2 cm³/mol. The Morgan fingerprint density at radius 1 is 1.75 bits per heavy atom. The molecule has 2 atom stereocenters. The van der Waals surface area contributed by atoms with Crippen LogP contribution in [-0.4, -0.2) is 24.7 Å². The fraction of sp³-hybridized carbons (Fsp3) is 0.750. The van der Waals surface area contributed by atoms with Gasteiger partial charge >= 0.3 is 5.97 Å². The second-order valence-electron chi connectivity index (χ2n) is 2.73. The van der Waals surface area contributed by atoms with Crippen LogP contribution in [0.25, 0.3) is 0 Å². The van der Waals surface area contributed by atoms with Gasteiger partial charge in [0.05, 0.1) is 18.7 Å². The number of carbonyl (C=O) groups is 1. The maximum Gasteiger partial charge on any atom is 0.323 e. The fourth-order valence-corrected chi connectivity index (χ4v) is 1.27. The van der Waals surface area contributed by atoms with Crippen molar-refractivity contribution < 1.29 is 9.53 Å². The highest BCUT2D eigenvalue weighted by Crippen LogP contribution is 2.12. The number of hydrogen-bond donors (Lipinski definition) is 1. The van der Waals surface area contributed by atoms with Crippen LogP contribution in [0.5, 0.6) is 0 Å². The zero-order chi connectivity index (χ0) is 8.97. The number of rotatable bonds is 2. The monoisotopic (exact) mass is 168 g/mol. The SMILES string of the molecule is CCOC(=O)[C@@H]1CC[C@@H](C#N)N1. The molecule has 1 saturated heterocycles. The number of nitrogens with zero attached hydrogens (tertiary/aromatic N) is 1. The van der Waals surface area contributed by atoms with Crippen molar-refractivity contribution in [3.8, 4) is 6.07 Å². The van der Waals surface area contributed by atoms with Crippen LogP contribution in [0, 0.1) is 11.3 Å². The van der Waals surface area contributed by atoms with Crippen LogP contribution in [0.1, 0.15) is 19.8 Å². The number of esters is 1. The smallest absolute Gasteiger partial charge is 0.323 e. The van der Waals surface area contributed by atoms with Crippen LogP contribution in [0.3, 0.4) is 0 Å². The highest BCUT2D eigenvalue weighted by atomic mass is 16.5. The molecule has 12 heavy (non-hydrogen) atoms. The Morgan fingerprint density at radius 3 is 3.00 bits per heavy atom. The van der Waals surface area contributed by atoms with Gasteiger partial charge in [-0.3, -0.25) is 10.1 Å². The minimum Gasteiger partial charge on any atom is -0.465 e. The molecular weight excluding hydrogens is 156 g/mol. The molecule has 1 aliphatic heterocycles. The number of carbonyl (C=O) groups excluding carboxylic acids is 1. The molecule has 66 valence electrons. The first-order chi connectivity index (χ1) is 5.77. The maximum absolute atomic E-state index is 11.1. The van der Waals surface area contributed by atoms with E-state index in [2.05, 4.69) is 11.4 Å². The molecule has 0 saturated carbocycles. The van der Waals surface area contributed by atoms with Gasteiger partial charge < -0.3 is 4.74 Å². The topological polar surface area (TPSA) is 62.1 Å². The molecular formula is C8H12N2O2. The first-order valence-corrected chi connectivity index (χ1v) is 4.10. The molecule has 0 amide bonds. The fourth-order valence-electron chi connectivity index (χ4n) is 1.27. The molecule has 1 rings (SSSR count). The van der Waals surface area contributed by atoms with Gasteiger partial charge in [-0.2, -0.15) is 5.26 Å². The van der Waals surface area contributed by atoms with Crippen LogP contribution in [0.4, 0.5) is 0 Å². The largest absolute Gasteiger partial charge is 0.465 e. The van der Waals surface area contributed by atoms with Crippen molar-refractivity contribution in [1.82, 2.24) is 5.32 Å². The molecule has 0 aromatic carbocycles. The lowest BCUT2D eigenvalue weighted by molar-refractivity contribution is -0.145. The number of ether oxygens (including phenoxy) is 1. The molecule has 4 nitrogen and oxygen atoms in total. The van der Waals surface area contributed by atoms with Gasteiger partial charge in [0.25, 0.3) is 0 Å². The average molecular weight is 168 g/mol. The van der Waals surface area contributed by atoms with E-state index in [0.29, 0.717) is 13.0 Å². The zero-order valence-electron chi connectivity index (χ0n) is 7.04. The van der Waals surface area contributed by atoms with Crippen LogP contribution >= 0.6 is 0 Å². The predicted octanol–water partition coefficient (Wildman–Crippen LogP) is 0.194. The first kappa shape index (κ1) is 9.01. The van der Waals surface area contributed by atoms with E-state index in [1.54, 1.807) is 6.92 Å². The summed E-state index contributed by atoms with van der Waals surface area (Å²) in [5.41, 5.74) is 0. The van der Waals surface area contributed by atoms with E-state index in [0.717, 1.165) is 6.42 Å². The molecule has 1 aliphatic rings. The highest BCUT2D eigenvalue weighted by Gasteiger charge is 2.29. The number of nitriles is 1. The Kier molecular flexibility index (Phi) is 3.06. The van der Waals surface area contributed by atoms with Gasteiger partial charge in [0.1, 0.15) is 6.04 Å². The molecule has 1 N–H and O–H groups in total. The molecule has 4 heteroatoms. The Morgan fingerprint density at radius 2 is 2.50 bits per heavy atom. The van der Waals surface area contributed by atoms with Crippen molar-refractivity contribution in [2.24, 2.45) is 0 Å². The summed E-state index contributed by atoms with van der Waals surface area (Å²) in [5, 5.41) is 11.4. The molecule has 0 spiro atoms. The summed E-state index contributed by atoms with van der Waals surface area (Å²) in [6.07, 6.45) is 1.44. The van der Waals surface area contributed by atoms with Crippen molar-refractivity contribution in [2.75, 3.05) is 6.61 Å². The lowest BCUT2D eigenvalue weighted by atomic mass is 10.2. The molecule has 0 radical (unpaired) electrons. The van der Waals surface area contributed by atoms with Crippen LogP contribution in [-0.2, 0) is 9.53 Å². The van der Waals surface area contributed by atoms with Gasteiger partial charge in [-0.15, -0.1) is 0 Å². The van der Waals surface area contributed by atoms with Crippen molar-refractivity contribution in [3.05, 3.63) is 0 Å². The average Bonchev–Trinajstić information content (AvgIpc) is 2.52. The van der Waals surface area contributed by atoms with E-state index in [4.69, 9.17) is 10.00 Å². The van der Waals surface area contributed by atoms with Gasteiger partial charge in [-0.25, -0.2) is 0 Å². The van der Waals surface area contributed by atoms with Crippen molar-refractivity contribution >= 4 is 5.97 Å². The van der Waals surface area contributed by atoms with E-state index < -0.39 is 0 Å². The second kappa shape index (κ2) is 4.07. The minimum absolute atomic E-state index is 0.181. The minimum atomic E-state index is -0.269. The molecule has 0 aromatic rings. The van der Waals surface area contributed by atoms with Crippen LogP contribution < -0.4 is 5.32 Å². The summed E-state index contributed by atoms with van der Waals surface area (Å²) in [6.45, 7) is 2.17. The Balaban J connectivity index is 2.37. The summed E-state index contributed by atoms with van der Waals surface area (Å²) in [7, 11) is 0. The van der Waals surface area contributed by atoms with E-state index in [1.807, 2.05) is 0 Å². The first-order valence-electron chi connectivity index (χ1n) is 4.10. The molecule has 1 heterocycles. The summed E-state index contributed by atoms with van der Waals surface area (Å²) < 4.78 is 4.81. The maximum atomic E-state index is 11.1. The molecule has 0 bridgehead atoms. The van der Waals surface area contributed by atoms with Gasteiger partial charge in [0.15, 0.2) is 0 Å². The normalized spacial score (nSPS) is 28.0. The third kappa shape index (κ3) is 1.95. The van der Waals surface area contributed by atoms with Crippen molar-refractivity contribution in [2.45, 2.75) is 31.8 Å². The lowest BCUT2D eigenvalue weighted by Crippen LogP contribution is -2.36. The Hall–Kier alpha value is -1.08. The van der Waals surface area contributed by atoms with E-state index in [1.165, 1.54) is 0 Å². The molecule has 0 unspecified atom stereocenters. The standard InChI is InChI=1S/C8H12N2O2/c1-2-12-8(11)7-4-3-6(5-9)10-7/h6-7,10H,2-4H2,1H3/t6-,7-/m0/s1. The van der Waals surface area contributed by atoms with E-state index in [-0.39, 0.29) is 18.1 Å². The summed E-state index contributed by atoms with van der Waals surface area (Å²) in [6, 6.07) is 1.62. The van der Waals surface area contributed by atoms with Gasteiger partial charge in [-0.1, -0.05) is 0 Å². The molecule has 0 aliphatic carbocycles. The Bertz CT molecular complexity index is 210. The van der Waals surface area contributed by atoms with E-state index >= 15 is 0 Å². The van der Waals surface area contributed by atoms with Gasteiger partial charge in [0, 0.05) is 0 Å². The zero-order valence-corrected chi connectivity index (χ0v) is 7.04.